The summed E-state index contributed by atoms with van der Waals surface area (Å²) in [6.45, 7) is 3.54. The highest BCUT2D eigenvalue weighted by Gasteiger charge is 2.17. The van der Waals surface area contributed by atoms with Crippen molar-refractivity contribution < 1.29 is 0 Å². The van der Waals surface area contributed by atoms with Crippen molar-refractivity contribution in [2.24, 2.45) is 0 Å². The zero-order valence-electron chi connectivity index (χ0n) is 5.55. The standard InChI is InChI=1S/C6H13NS/c1-3-6-4-5-7(2)8-6/h6H,3-5H2,1-2H3. The van der Waals surface area contributed by atoms with E-state index < -0.39 is 0 Å². The Labute approximate surface area is 55.6 Å². The minimum absolute atomic E-state index is 0.917. The molecule has 8 heavy (non-hydrogen) atoms. The van der Waals surface area contributed by atoms with Crippen molar-refractivity contribution in [1.82, 2.24) is 4.31 Å². The summed E-state index contributed by atoms with van der Waals surface area (Å²) in [6, 6.07) is 0. The van der Waals surface area contributed by atoms with E-state index in [1.165, 1.54) is 19.4 Å². The van der Waals surface area contributed by atoms with Crippen molar-refractivity contribution in [3.63, 3.8) is 0 Å². The fourth-order valence-electron chi connectivity index (χ4n) is 0.964. The van der Waals surface area contributed by atoms with Gasteiger partial charge in [-0.3, -0.25) is 4.31 Å². The average molecular weight is 131 g/mol. The summed E-state index contributed by atoms with van der Waals surface area (Å²) in [5.41, 5.74) is 0. The minimum Gasteiger partial charge on any atom is -0.253 e. The van der Waals surface area contributed by atoms with Crippen LogP contribution in [0.1, 0.15) is 19.8 Å². The van der Waals surface area contributed by atoms with Crippen LogP contribution in [0, 0.1) is 0 Å². The highest BCUT2D eigenvalue weighted by Crippen LogP contribution is 2.27. The van der Waals surface area contributed by atoms with Gasteiger partial charge in [0.15, 0.2) is 0 Å². The van der Waals surface area contributed by atoms with Gasteiger partial charge in [-0.25, -0.2) is 0 Å². The van der Waals surface area contributed by atoms with E-state index in [-0.39, 0.29) is 0 Å². The monoisotopic (exact) mass is 131 g/mol. The molecule has 1 aliphatic heterocycles. The van der Waals surface area contributed by atoms with Gasteiger partial charge in [0.05, 0.1) is 0 Å². The summed E-state index contributed by atoms with van der Waals surface area (Å²) in [6.07, 6.45) is 2.71. The van der Waals surface area contributed by atoms with Crippen LogP contribution in [0.15, 0.2) is 0 Å². The zero-order valence-corrected chi connectivity index (χ0v) is 6.37. The van der Waals surface area contributed by atoms with Crippen molar-refractivity contribution >= 4 is 11.9 Å². The first kappa shape index (κ1) is 6.43. The van der Waals surface area contributed by atoms with Gasteiger partial charge >= 0.3 is 0 Å². The lowest BCUT2D eigenvalue weighted by atomic mass is 10.2. The SMILES string of the molecule is CCC1CCN(C)S1. The third-order valence-electron chi connectivity index (χ3n) is 1.55. The highest BCUT2D eigenvalue weighted by molar-refractivity contribution is 7.97. The Kier molecular flexibility index (Phi) is 2.20. The molecule has 1 saturated heterocycles. The molecule has 1 nitrogen and oxygen atoms in total. The molecule has 48 valence electrons. The van der Waals surface area contributed by atoms with Crippen LogP contribution >= 0.6 is 11.9 Å². The summed E-state index contributed by atoms with van der Waals surface area (Å²) in [5, 5.41) is 0.917. The first-order chi connectivity index (χ1) is 3.83. The second-order valence-electron chi connectivity index (χ2n) is 2.28. The molecule has 0 aromatic rings. The van der Waals surface area contributed by atoms with Crippen molar-refractivity contribution in [1.29, 1.82) is 0 Å². The van der Waals surface area contributed by atoms with Crippen molar-refractivity contribution in [3.05, 3.63) is 0 Å². The van der Waals surface area contributed by atoms with Gasteiger partial charge in [-0.2, -0.15) is 0 Å². The zero-order chi connectivity index (χ0) is 5.98. The average Bonchev–Trinajstić information content (AvgIpc) is 2.14. The van der Waals surface area contributed by atoms with Gasteiger partial charge < -0.3 is 0 Å². The number of hydrogen-bond acceptors (Lipinski definition) is 2. The summed E-state index contributed by atoms with van der Waals surface area (Å²) >= 11 is 2.00. The minimum atomic E-state index is 0.917. The normalized spacial score (nSPS) is 31.5. The fraction of sp³-hybridized carbons (Fsp3) is 1.00. The Morgan fingerprint density at radius 1 is 1.75 bits per heavy atom. The molecule has 2 heteroatoms. The van der Waals surface area contributed by atoms with Crippen molar-refractivity contribution in [2.45, 2.75) is 25.0 Å². The summed E-state index contributed by atoms with van der Waals surface area (Å²) < 4.78 is 2.33. The molecule has 0 saturated carbocycles. The van der Waals surface area contributed by atoms with Gasteiger partial charge in [0.2, 0.25) is 0 Å². The lowest BCUT2D eigenvalue weighted by molar-refractivity contribution is 0.582. The molecule has 1 unspecified atom stereocenters. The molecule has 0 aromatic heterocycles. The van der Waals surface area contributed by atoms with Crippen LogP contribution in [0.4, 0.5) is 0 Å². The topological polar surface area (TPSA) is 3.24 Å². The van der Waals surface area contributed by atoms with E-state index in [0.717, 1.165) is 5.25 Å². The largest absolute Gasteiger partial charge is 0.253 e. The number of nitrogens with zero attached hydrogens (tertiary/aromatic N) is 1. The summed E-state index contributed by atoms with van der Waals surface area (Å²) in [4.78, 5) is 0. The third kappa shape index (κ3) is 1.39. The van der Waals surface area contributed by atoms with Gasteiger partial charge in [0.25, 0.3) is 0 Å². The molecule has 1 fully saturated rings. The molecule has 0 spiro atoms. The van der Waals surface area contributed by atoms with E-state index in [2.05, 4.69) is 18.3 Å². The van der Waals surface area contributed by atoms with E-state index in [1.807, 2.05) is 11.9 Å². The van der Waals surface area contributed by atoms with Crippen LogP contribution in [0.3, 0.4) is 0 Å². The van der Waals surface area contributed by atoms with Crippen LogP contribution in [-0.4, -0.2) is 23.1 Å². The maximum Gasteiger partial charge on any atom is 0.0204 e. The molecule has 1 aliphatic rings. The first-order valence-corrected chi connectivity index (χ1v) is 4.04. The third-order valence-corrected chi connectivity index (χ3v) is 2.96. The smallest absolute Gasteiger partial charge is 0.0204 e. The van der Waals surface area contributed by atoms with E-state index in [4.69, 9.17) is 0 Å². The fourth-order valence-corrected chi connectivity index (χ4v) is 2.04. The maximum absolute atomic E-state index is 2.33. The second kappa shape index (κ2) is 2.74. The Hall–Kier alpha value is 0.310. The van der Waals surface area contributed by atoms with Gasteiger partial charge in [0.1, 0.15) is 0 Å². The van der Waals surface area contributed by atoms with Crippen LogP contribution in [0.5, 0.6) is 0 Å². The summed E-state index contributed by atoms with van der Waals surface area (Å²) in [7, 11) is 2.17. The molecule has 0 N–H and O–H groups in total. The predicted molar refractivity (Wildman–Crippen MR) is 38.9 cm³/mol. The van der Waals surface area contributed by atoms with Crippen molar-refractivity contribution in [2.75, 3.05) is 13.6 Å². The van der Waals surface area contributed by atoms with E-state index >= 15 is 0 Å². The quantitative estimate of drug-likeness (QED) is 0.499. The van der Waals surface area contributed by atoms with E-state index in [0.29, 0.717) is 0 Å². The predicted octanol–water partition coefficient (Wildman–Crippen LogP) is 1.75. The molecular formula is C6H13NS. The lowest BCUT2D eigenvalue weighted by Crippen LogP contribution is -2.00. The maximum atomic E-state index is 2.33. The van der Waals surface area contributed by atoms with E-state index in [1.54, 1.807) is 0 Å². The van der Waals surface area contributed by atoms with Gasteiger partial charge in [-0.15, -0.1) is 0 Å². The van der Waals surface area contributed by atoms with Crippen LogP contribution in [0.25, 0.3) is 0 Å². The molecule has 0 aliphatic carbocycles. The molecule has 0 radical (unpaired) electrons. The number of rotatable bonds is 1. The second-order valence-corrected chi connectivity index (χ2v) is 3.78. The first-order valence-electron chi connectivity index (χ1n) is 3.21. The molecule has 0 aromatic carbocycles. The molecule has 0 bridgehead atoms. The van der Waals surface area contributed by atoms with Gasteiger partial charge in [-0.05, 0) is 19.9 Å². The Bertz CT molecular complexity index is 74.9. The van der Waals surface area contributed by atoms with E-state index in [9.17, 15) is 0 Å². The number of hydrogen-bond donors (Lipinski definition) is 0. The lowest BCUT2D eigenvalue weighted by Gasteiger charge is -2.04. The molecule has 0 amide bonds. The highest BCUT2D eigenvalue weighted by atomic mass is 32.2. The van der Waals surface area contributed by atoms with Crippen molar-refractivity contribution in [3.8, 4) is 0 Å². The molecular weight excluding hydrogens is 118 g/mol. The Morgan fingerprint density at radius 2 is 2.50 bits per heavy atom. The Morgan fingerprint density at radius 3 is 2.75 bits per heavy atom. The van der Waals surface area contributed by atoms with Crippen LogP contribution in [0.2, 0.25) is 0 Å². The molecule has 1 atom stereocenters. The van der Waals surface area contributed by atoms with Gasteiger partial charge in [-0.1, -0.05) is 18.9 Å². The van der Waals surface area contributed by atoms with Crippen LogP contribution in [-0.2, 0) is 0 Å². The van der Waals surface area contributed by atoms with Gasteiger partial charge in [0, 0.05) is 11.8 Å². The Balaban J connectivity index is 2.22. The van der Waals surface area contributed by atoms with Crippen LogP contribution < -0.4 is 0 Å². The summed E-state index contributed by atoms with van der Waals surface area (Å²) in [5.74, 6) is 0. The molecule has 1 rings (SSSR count). The molecule has 1 heterocycles.